The molecule has 2 aromatic carbocycles. The molecule has 5 rings (SSSR count). The molecule has 0 radical (unpaired) electrons. The zero-order chi connectivity index (χ0) is 27.6. The van der Waals surface area contributed by atoms with Crippen molar-refractivity contribution < 1.29 is 27.8 Å². The summed E-state index contributed by atoms with van der Waals surface area (Å²) < 4.78 is 49.6. The third-order valence-corrected chi connectivity index (χ3v) is 6.37. The van der Waals surface area contributed by atoms with Crippen molar-refractivity contribution in [3.8, 4) is 5.88 Å². The van der Waals surface area contributed by atoms with Gasteiger partial charge in [-0.05, 0) is 48.0 Å². The second kappa shape index (κ2) is 10.5. The summed E-state index contributed by atoms with van der Waals surface area (Å²) in [5, 5.41) is 15.1. The van der Waals surface area contributed by atoms with E-state index in [-0.39, 0.29) is 18.2 Å². The molecule has 0 spiro atoms. The van der Waals surface area contributed by atoms with Crippen LogP contribution in [0.1, 0.15) is 16.8 Å². The smallest absolute Gasteiger partial charge is 0.315 e. The minimum absolute atomic E-state index is 0.0257. The van der Waals surface area contributed by atoms with E-state index in [0.29, 0.717) is 32.6 Å². The molecule has 0 aliphatic carbocycles. The van der Waals surface area contributed by atoms with E-state index < -0.39 is 29.0 Å². The van der Waals surface area contributed by atoms with Gasteiger partial charge in [-0.15, -0.1) is 0 Å². The second-order valence-corrected chi connectivity index (χ2v) is 9.24. The highest BCUT2D eigenvalue weighted by Gasteiger charge is 2.37. The Labute approximate surface area is 223 Å². The van der Waals surface area contributed by atoms with Crippen molar-refractivity contribution in [2.45, 2.75) is 12.3 Å². The van der Waals surface area contributed by atoms with Gasteiger partial charge in [0.2, 0.25) is 11.8 Å². The standard InChI is InChI=1S/C26H19F3N6O3S/c1-38-21-11-10-18-23(35-21)39-25(31-18)34-20-13-19(26(28,29)15-4-6-16(27)7-5-15)32-24(33-20)30-17-8-2-14(3-9-17)12-22(36)37/h2-11,13H,12H2,1H3,(H,36,37)(H2,30,31,32,33,34). The molecule has 9 nitrogen and oxygen atoms in total. The third-order valence-electron chi connectivity index (χ3n) is 5.49. The Kier molecular flexibility index (Phi) is 6.98. The first-order valence-electron chi connectivity index (χ1n) is 11.4. The largest absolute Gasteiger partial charge is 0.481 e. The van der Waals surface area contributed by atoms with Crippen LogP contribution < -0.4 is 15.4 Å². The average molecular weight is 553 g/mol. The van der Waals surface area contributed by atoms with Gasteiger partial charge in [0, 0.05) is 23.4 Å². The molecule has 0 fully saturated rings. The van der Waals surface area contributed by atoms with Gasteiger partial charge in [0.1, 0.15) is 27.7 Å². The second-order valence-electron chi connectivity index (χ2n) is 8.26. The van der Waals surface area contributed by atoms with Crippen molar-refractivity contribution in [1.29, 1.82) is 0 Å². The molecule has 3 aromatic heterocycles. The van der Waals surface area contributed by atoms with E-state index in [9.17, 15) is 9.18 Å². The van der Waals surface area contributed by atoms with Crippen molar-refractivity contribution >= 4 is 50.2 Å². The van der Waals surface area contributed by atoms with Crippen molar-refractivity contribution in [3.63, 3.8) is 0 Å². The number of aliphatic carboxylic acids is 1. The van der Waals surface area contributed by atoms with Crippen LogP contribution in [-0.2, 0) is 17.1 Å². The molecule has 0 aliphatic rings. The Morgan fingerprint density at radius 3 is 2.41 bits per heavy atom. The predicted octanol–water partition coefficient (Wildman–Crippen LogP) is 5.88. The fourth-order valence-corrected chi connectivity index (χ4v) is 4.46. The van der Waals surface area contributed by atoms with Gasteiger partial charge in [-0.25, -0.2) is 19.3 Å². The minimum Gasteiger partial charge on any atom is -0.481 e. The zero-order valence-corrected chi connectivity index (χ0v) is 21.0. The van der Waals surface area contributed by atoms with E-state index in [4.69, 9.17) is 9.84 Å². The maximum Gasteiger partial charge on any atom is 0.315 e. The number of nitrogens with zero attached hydrogens (tertiary/aromatic N) is 4. The number of aromatic nitrogens is 4. The minimum atomic E-state index is -3.59. The molecule has 0 saturated carbocycles. The molecule has 0 saturated heterocycles. The molecule has 3 N–H and O–H groups in total. The fraction of sp³-hybridized carbons (Fsp3) is 0.115. The molecule has 0 amide bonds. The topological polar surface area (TPSA) is 122 Å². The number of hydrogen-bond acceptors (Lipinski definition) is 9. The number of thiazole rings is 1. The van der Waals surface area contributed by atoms with Gasteiger partial charge in [-0.2, -0.15) is 13.8 Å². The van der Waals surface area contributed by atoms with Gasteiger partial charge in [0.25, 0.3) is 0 Å². The number of hydrogen-bond donors (Lipinski definition) is 3. The zero-order valence-electron chi connectivity index (χ0n) is 20.2. The lowest BCUT2D eigenvalue weighted by Gasteiger charge is -2.18. The van der Waals surface area contributed by atoms with Crippen molar-refractivity contribution in [3.05, 3.63) is 89.4 Å². The van der Waals surface area contributed by atoms with Crippen LogP contribution >= 0.6 is 11.3 Å². The van der Waals surface area contributed by atoms with Crippen LogP contribution in [0.2, 0.25) is 0 Å². The lowest BCUT2D eigenvalue weighted by atomic mass is 10.1. The number of benzene rings is 2. The number of carbonyl (C=O) groups is 1. The number of anilines is 4. The number of carboxylic acids is 1. The van der Waals surface area contributed by atoms with Crippen LogP contribution in [0.15, 0.2) is 66.7 Å². The summed E-state index contributed by atoms with van der Waals surface area (Å²) in [6.07, 6.45) is -0.160. The van der Waals surface area contributed by atoms with E-state index in [1.165, 1.54) is 18.4 Å². The highest BCUT2D eigenvalue weighted by molar-refractivity contribution is 7.21. The van der Waals surface area contributed by atoms with E-state index in [1.54, 1.807) is 36.4 Å². The van der Waals surface area contributed by atoms with Crippen LogP contribution in [0.5, 0.6) is 5.88 Å². The fourth-order valence-electron chi connectivity index (χ4n) is 3.62. The molecular weight excluding hydrogens is 533 g/mol. The molecule has 13 heteroatoms. The molecule has 39 heavy (non-hydrogen) atoms. The van der Waals surface area contributed by atoms with Crippen molar-refractivity contribution in [2.24, 2.45) is 0 Å². The maximum absolute atomic E-state index is 15.5. The Balaban J connectivity index is 1.51. The SMILES string of the molecule is COc1ccc2nc(Nc3cc(C(F)(F)c4ccc(F)cc4)nc(Nc4ccc(CC(=O)O)cc4)n3)sc2n1. The molecule has 198 valence electrons. The summed E-state index contributed by atoms with van der Waals surface area (Å²) in [7, 11) is 1.49. The van der Waals surface area contributed by atoms with E-state index in [0.717, 1.165) is 30.3 Å². The summed E-state index contributed by atoms with van der Waals surface area (Å²) in [4.78, 5) is 28.6. The quantitative estimate of drug-likeness (QED) is 0.206. The van der Waals surface area contributed by atoms with E-state index in [1.807, 2.05) is 0 Å². The van der Waals surface area contributed by atoms with Crippen molar-refractivity contribution in [2.75, 3.05) is 17.7 Å². The first-order chi connectivity index (χ1) is 18.7. The number of nitrogens with one attached hydrogen (secondary N) is 2. The Morgan fingerprint density at radius 1 is 0.974 bits per heavy atom. The van der Waals surface area contributed by atoms with Gasteiger partial charge >= 0.3 is 11.9 Å². The van der Waals surface area contributed by atoms with Gasteiger partial charge < -0.3 is 20.5 Å². The first-order valence-corrected chi connectivity index (χ1v) is 12.2. The Hall–Kier alpha value is -4.78. The van der Waals surface area contributed by atoms with Gasteiger partial charge in [0.05, 0.1) is 13.5 Å². The van der Waals surface area contributed by atoms with Crippen molar-refractivity contribution in [1.82, 2.24) is 19.9 Å². The number of alkyl halides is 2. The number of pyridine rings is 1. The Morgan fingerprint density at radius 2 is 1.72 bits per heavy atom. The van der Waals surface area contributed by atoms with E-state index >= 15 is 8.78 Å². The number of ether oxygens (including phenoxy) is 1. The first kappa shape index (κ1) is 25.9. The summed E-state index contributed by atoms with van der Waals surface area (Å²) >= 11 is 1.18. The van der Waals surface area contributed by atoms with Gasteiger partial charge in [-0.1, -0.05) is 23.5 Å². The third kappa shape index (κ3) is 5.88. The highest BCUT2D eigenvalue weighted by Crippen LogP contribution is 2.37. The normalized spacial score (nSPS) is 11.4. The van der Waals surface area contributed by atoms with Crippen LogP contribution in [0.3, 0.4) is 0 Å². The number of halogens is 3. The molecule has 0 atom stereocenters. The summed E-state index contributed by atoms with van der Waals surface area (Å²) in [6.45, 7) is 0. The molecule has 0 unspecified atom stereocenters. The van der Waals surface area contributed by atoms with Crippen LogP contribution in [0.25, 0.3) is 10.3 Å². The van der Waals surface area contributed by atoms with Gasteiger partial charge in [-0.3, -0.25) is 4.79 Å². The number of carboxylic acid groups (broad SMARTS) is 1. The average Bonchev–Trinajstić information content (AvgIpc) is 3.31. The van der Waals surface area contributed by atoms with Crippen LogP contribution in [0, 0.1) is 5.82 Å². The molecule has 0 bridgehead atoms. The maximum atomic E-state index is 15.5. The monoisotopic (exact) mass is 552 g/mol. The lowest BCUT2D eigenvalue weighted by molar-refractivity contribution is -0.136. The van der Waals surface area contributed by atoms with Gasteiger partial charge in [0.15, 0.2) is 5.13 Å². The molecule has 0 aliphatic heterocycles. The summed E-state index contributed by atoms with van der Waals surface area (Å²) in [5.41, 5.74) is 0.503. The number of fused-ring (bicyclic) bond motifs is 1. The molecule has 3 heterocycles. The lowest BCUT2D eigenvalue weighted by Crippen LogP contribution is -2.19. The molecular formula is C26H19F3N6O3S. The number of rotatable bonds is 9. The summed E-state index contributed by atoms with van der Waals surface area (Å²) in [6, 6.07) is 14.7. The predicted molar refractivity (Wildman–Crippen MR) is 140 cm³/mol. The summed E-state index contributed by atoms with van der Waals surface area (Å²) in [5.74, 6) is -4.93. The Bertz CT molecular complexity index is 1650. The van der Waals surface area contributed by atoms with Crippen LogP contribution in [-0.4, -0.2) is 38.1 Å². The molecule has 5 aromatic rings. The van der Waals surface area contributed by atoms with Crippen LogP contribution in [0.4, 0.5) is 35.8 Å². The van der Waals surface area contributed by atoms with E-state index in [2.05, 4.69) is 30.6 Å². The number of methoxy groups -OCH3 is 1. The highest BCUT2D eigenvalue weighted by atomic mass is 32.1.